The molecule has 3 rings (SSSR count). The molecular weight excluding hydrogens is 198 g/mol. The molecule has 5 nitrogen and oxygen atoms in total. The number of nitrogens with zero attached hydrogens (tertiary/aromatic N) is 1. The van der Waals surface area contributed by atoms with Crippen molar-refractivity contribution in [2.24, 2.45) is 11.8 Å². The minimum Gasteiger partial charge on any atom is -0.479 e. The molecule has 3 fully saturated rings. The number of hydrogen-bond donors (Lipinski definition) is 1. The van der Waals surface area contributed by atoms with E-state index in [0.29, 0.717) is 19.3 Å². The molecule has 0 aromatic heterocycles. The minimum absolute atomic E-state index is 0.200. The second-order valence-electron chi connectivity index (χ2n) is 4.65. The summed E-state index contributed by atoms with van der Waals surface area (Å²) in [6.07, 6.45) is 2.24. The van der Waals surface area contributed by atoms with Gasteiger partial charge in [-0.3, -0.25) is 14.5 Å². The van der Waals surface area contributed by atoms with Crippen LogP contribution in [0.25, 0.3) is 0 Å². The largest absolute Gasteiger partial charge is 0.479 e. The molecule has 2 aliphatic carbocycles. The Labute approximate surface area is 86.0 Å². The first-order valence-corrected chi connectivity index (χ1v) is 5.19. The highest BCUT2D eigenvalue weighted by molar-refractivity contribution is 6.12. The molecule has 1 heterocycles. The lowest BCUT2D eigenvalue weighted by Crippen LogP contribution is -2.62. The lowest BCUT2D eigenvalue weighted by molar-refractivity contribution is -0.170. The number of hydrogen-bond acceptors (Lipinski definition) is 3. The number of likely N-dealkylation sites (tertiary alicyclic amines) is 1. The summed E-state index contributed by atoms with van der Waals surface area (Å²) in [6.45, 7) is 0. The quantitative estimate of drug-likeness (QED) is 0.649. The van der Waals surface area contributed by atoms with Gasteiger partial charge in [-0.05, 0) is 25.7 Å². The van der Waals surface area contributed by atoms with Gasteiger partial charge in [0, 0.05) is 0 Å². The van der Waals surface area contributed by atoms with Gasteiger partial charge in [-0.25, -0.2) is 4.79 Å². The maximum Gasteiger partial charge on any atom is 0.330 e. The summed E-state index contributed by atoms with van der Waals surface area (Å²) in [5.41, 5.74) is -1.19. The smallest absolute Gasteiger partial charge is 0.330 e. The Bertz CT molecular complexity index is 365. The highest BCUT2D eigenvalue weighted by atomic mass is 16.4. The number of carbonyl (C=O) groups is 3. The molecule has 3 aliphatic rings. The Morgan fingerprint density at radius 1 is 1.27 bits per heavy atom. The van der Waals surface area contributed by atoms with Crippen LogP contribution in [0.2, 0.25) is 0 Å². The van der Waals surface area contributed by atoms with E-state index in [1.54, 1.807) is 0 Å². The summed E-state index contributed by atoms with van der Waals surface area (Å²) in [5, 5.41) is 9.13. The van der Waals surface area contributed by atoms with E-state index in [1.807, 2.05) is 0 Å². The van der Waals surface area contributed by atoms with Crippen molar-refractivity contribution in [1.29, 1.82) is 0 Å². The van der Waals surface area contributed by atoms with E-state index in [9.17, 15) is 14.4 Å². The number of amides is 2. The zero-order valence-electron chi connectivity index (χ0n) is 8.10. The maximum absolute atomic E-state index is 11.7. The molecular formula is C10H11NO4. The average molecular weight is 209 g/mol. The van der Waals surface area contributed by atoms with Crippen LogP contribution in [0, 0.1) is 11.8 Å². The molecule has 0 aromatic carbocycles. The first-order chi connectivity index (χ1) is 7.08. The fourth-order valence-electron chi connectivity index (χ4n) is 2.65. The zero-order chi connectivity index (χ0) is 10.8. The third-order valence-corrected chi connectivity index (χ3v) is 3.87. The van der Waals surface area contributed by atoms with E-state index >= 15 is 0 Å². The van der Waals surface area contributed by atoms with E-state index < -0.39 is 11.5 Å². The van der Waals surface area contributed by atoms with Crippen molar-refractivity contribution >= 4 is 17.8 Å². The highest BCUT2D eigenvalue weighted by Gasteiger charge is 2.66. The molecule has 2 amide bonds. The van der Waals surface area contributed by atoms with E-state index in [1.165, 1.54) is 0 Å². The van der Waals surface area contributed by atoms with Crippen LogP contribution in [-0.2, 0) is 14.4 Å². The molecule has 0 spiro atoms. The summed E-state index contributed by atoms with van der Waals surface area (Å²) >= 11 is 0. The van der Waals surface area contributed by atoms with E-state index in [0.717, 1.165) is 11.3 Å². The van der Waals surface area contributed by atoms with Crippen molar-refractivity contribution in [3.8, 4) is 0 Å². The SMILES string of the molecule is O=C1C2CC2C(=O)N1C1(C(=O)O)CCC1. The standard InChI is InChI=1S/C10H11NO4/c12-7-5-4-6(5)8(13)11(7)10(9(14)15)2-1-3-10/h5-6H,1-4H2,(H,14,15). The Hall–Kier alpha value is -1.39. The third kappa shape index (κ3) is 0.861. The van der Waals surface area contributed by atoms with Crippen LogP contribution in [0.1, 0.15) is 25.7 Å². The van der Waals surface area contributed by atoms with Crippen molar-refractivity contribution in [3.05, 3.63) is 0 Å². The number of aliphatic carboxylic acids is 1. The Balaban J connectivity index is 1.96. The van der Waals surface area contributed by atoms with E-state index in [-0.39, 0.29) is 23.7 Å². The molecule has 0 radical (unpaired) electrons. The Morgan fingerprint density at radius 3 is 2.13 bits per heavy atom. The van der Waals surface area contributed by atoms with Crippen LogP contribution in [-0.4, -0.2) is 33.3 Å². The number of carboxylic acid groups (broad SMARTS) is 1. The van der Waals surface area contributed by atoms with E-state index in [2.05, 4.69) is 0 Å². The van der Waals surface area contributed by atoms with Gasteiger partial charge < -0.3 is 5.11 Å². The fourth-order valence-corrected chi connectivity index (χ4v) is 2.65. The highest BCUT2D eigenvalue weighted by Crippen LogP contribution is 2.52. The predicted molar refractivity (Wildman–Crippen MR) is 47.7 cm³/mol. The van der Waals surface area contributed by atoms with Gasteiger partial charge in [0.1, 0.15) is 5.54 Å². The predicted octanol–water partition coefficient (Wildman–Crippen LogP) is -0.00140. The van der Waals surface area contributed by atoms with Crippen molar-refractivity contribution < 1.29 is 19.5 Å². The molecule has 1 saturated heterocycles. The molecule has 2 saturated carbocycles. The Kier molecular flexibility index (Phi) is 1.42. The second kappa shape index (κ2) is 2.40. The van der Waals surface area contributed by atoms with E-state index in [4.69, 9.17) is 5.11 Å². The summed E-state index contributed by atoms with van der Waals surface area (Å²) in [6, 6.07) is 0. The van der Waals surface area contributed by atoms with Crippen LogP contribution >= 0.6 is 0 Å². The van der Waals surface area contributed by atoms with Crippen LogP contribution < -0.4 is 0 Å². The topological polar surface area (TPSA) is 74.7 Å². The molecule has 0 bridgehead atoms. The van der Waals surface area contributed by atoms with Crippen molar-refractivity contribution in [1.82, 2.24) is 4.90 Å². The van der Waals surface area contributed by atoms with Crippen LogP contribution in [0.4, 0.5) is 0 Å². The minimum atomic E-state index is -1.19. The average Bonchev–Trinajstić information content (AvgIpc) is 2.82. The number of rotatable bonds is 2. The lowest BCUT2D eigenvalue weighted by atomic mass is 9.75. The molecule has 80 valence electrons. The normalized spacial score (nSPS) is 36.1. The molecule has 0 aromatic rings. The lowest BCUT2D eigenvalue weighted by Gasteiger charge is -2.44. The summed E-state index contributed by atoms with van der Waals surface area (Å²) in [7, 11) is 0. The maximum atomic E-state index is 11.7. The molecule has 2 atom stereocenters. The monoisotopic (exact) mass is 209 g/mol. The van der Waals surface area contributed by atoms with Gasteiger partial charge in [0.25, 0.3) is 0 Å². The van der Waals surface area contributed by atoms with Gasteiger partial charge in [-0.15, -0.1) is 0 Å². The number of piperidine rings is 1. The van der Waals surface area contributed by atoms with Gasteiger partial charge >= 0.3 is 5.97 Å². The fraction of sp³-hybridized carbons (Fsp3) is 0.700. The zero-order valence-corrected chi connectivity index (χ0v) is 8.10. The number of carboxylic acids is 1. The van der Waals surface area contributed by atoms with Crippen LogP contribution in [0.15, 0.2) is 0 Å². The summed E-state index contributed by atoms with van der Waals surface area (Å²) in [5.74, 6) is -1.94. The van der Waals surface area contributed by atoms with Crippen molar-refractivity contribution in [2.45, 2.75) is 31.2 Å². The Morgan fingerprint density at radius 2 is 1.80 bits per heavy atom. The summed E-state index contributed by atoms with van der Waals surface area (Å²) in [4.78, 5) is 35.7. The second-order valence-corrected chi connectivity index (χ2v) is 4.65. The van der Waals surface area contributed by atoms with Gasteiger partial charge in [-0.1, -0.05) is 0 Å². The summed E-state index contributed by atoms with van der Waals surface area (Å²) < 4.78 is 0. The number of fused-ring (bicyclic) bond motifs is 1. The number of imide groups is 1. The molecule has 1 aliphatic heterocycles. The number of carbonyl (C=O) groups excluding carboxylic acids is 2. The van der Waals surface area contributed by atoms with Crippen LogP contribution in [0.5, 0.6) is 0 Å². The first-order valence-electron chi connectivity index (χ1n) is 5.19. The third-order valence-electron chi connectivity index (χ3n) is 3.87. The van der Waals surface area contributed by atoms with Gasteiger partial charge in [0.15, 0.2) is 0 Å². The first kappa shape index (κ1) is 8.88. The molecule has 15 heavy (non-hydrogen) atoms. The molecule has 1 N–H and O–H groups in total. The van der Waals surface area contributed by atoms with Gasteiger partial charge in [-0.2, -0.15) is 0 Å². The molecule has 2 unspecified atom stereocenters. The van der Waals surface area contributed by atoms with Gasteiger partial charge in [0.2, 0.25) is 11.8 Å². The molecule has 5 heteroatoms. The van der Waals surface area contributed by atoms with Crippen LogP contribution in [0.3, 0.4) is 0 Å². The van der Waals surface area contributed by atoms with Crippen molar-refractivity contribution in [3.63, 3.8) is 0 Å². The van der Waals surface area contributed by atoms with Crippen molar-refractivity contribution in [2.75, 3.05) is 0 Å². The van der Waals surface area contributed by atoms with Gasteiger partial charge in [0.05, 0.1) is 11.8 Å².